The first-order chi connectivity index (χ1) is 42.1. The molecule has 4 aromatic carbocycles. The predicted molar refractivity (Wildman–Crippen MR) is 333 cm³/mol. The second-order valence-corrected chi connectivity index (χ2v) is 21.9. The van der Waals surface area contributed by atoms with Crippen LogP contribution >= 0.6 is 0 Å². The lowest BCUT2D eigenvalue weighted by molar-refractivity contribution is -0.145. The first kappa shape index (κ1) is 65.8. The minimum atomic E-state index is -0.200. The number of anilines is 2. The lowest BCUT2D eigenvalue weighted by Gasteiger charge is -2.29. The summed E-state index contributed by atoms with van der Waals surface area (Å²) in [5.41, 5.74) is 9.95. The van der Waals surface area contributed by atoms with Crippen molar-refractivity contribution in [3.63, 3.8) is 0 Å². The van der Waals surface area contributed by atoms with Gasteiger partial charge in [-0.2, -0.15) is 0 Å². The average molecular weight is 1180 g/mol. The van der Waals surface area contributed by atoms with E-state index in [0.29, 0.717) is 110 Å². The monoisotopic (exact) mass is 1180 g/mol. The second kappa shape index (κ2) is 35.7. The van der Waals surface area contributed by atoms with Crippen molar-refractivity contribution >= 4 is 46.7 Å². The zero-order valence-corrected chi connectivity index (χ0v) is 51.1. The van der Waals surface area contributed by atoms with E-state index in [0.717, 1.165) is 126 Å². The molecular weight excluding hydrogens is 1090 g/mol. The molecule has 18 heteroatoms. The SMILES string of the molecule is CCCCCCC(=O)OCCn1nnc2c1-c1ccccc1CN(C(=O)CCCC(=O)CCOCCC)c1ccccc1-2.CCCCCCC(=O)OCCn1nnc2c1-c1ccccc1N(C(=O)CCCC(=O)CCOCCC)Cc1ccccc1-2. The van der Waals surface area contributed by atoms with Gasteiger partial charge in [0.1, 0.15) is 36.2 Å². The van der Waals surface area contributed by atoms with Gasteiger partial charge in [0.2, 0.25) is 11.8 Å². The van der Waals surface area contributed by atoms with Crippen LogP contribution in [0.15, 0.2) is 97.1 Å². The van der Waals surface area contributed by atoms with Gasteiger partial charge in [-0.25, -0.2) is 9.36 Å². The number of hydrogen-bond acceptors (Lipinski definition) is 14. The second-order valence-electron chi connectivity index (χ2n) is 21.9. The van der Waals surface area contributed by atoms with Gasteiger partial charge in [0, 0.05) is 86.8 Å². The third-order valence-corrected chi connectivity index (χ3v) is 15.2. The van der Waals surface area contributed by atoms with Gasteiger partial charge in [-0.1, -0.05) is 162 Å². The molecule has 86 heavy (non-hydrogen) atoms. The fraction of sp³-hybridized carbons (Fsp3) is 0.500. The fourth-order valence-electron chi connectivity index (χ4n) is 10.7. The molecule has 2 aliphatic rings. The number of para-hydroxylation sites is 2. The zero-order chi connectivity index (χ0) is 60.9. The molecule has 0 saturated heterocycles. The van der Waals surface area contributed by atoms with Gasteiger partial charge >= 0.3 is 11.9 Å². The van der Waals surface area contributed by atoms with Gasteiger partial charge in [-0.15, -0.1) is 10.2 Å². The van der Waals surface area contributed by atoms with Crippen molar-refractivity contribution in [3.05, 3.63) is 108 Å². The number of rotatable bonds is 34. The van der Waals surface area contributed by atoms with Crippen molar-refractivity contribution in [2.75, 3.05) is 49.4 Å². The highest BCUT2D eigenvalue weighted by molar-refractivity contribution is 6.01. The molecule has 0 spiro atoms. The summed E-state index contributed by atoms with van der Waals surface area (Å²) in [6, 6.07) is 31.4. The van der Waals surface area contributed by atoms with E-state index in [1.54, 1.807) is 19.2 Å². The van der Waals surface area contributed by atoms with Crippen LogP contribution in [0, 0.1) is 0 Å². The number of nitrogens with zero attached hydrogens (tertiary/aromatic N) is 8. The topological polar surface area (TPSA) is 207 Å². The molecule has 4 heterocycles. The van der Waals surface area contributed by atoms with E-state index in [1.807, 2.05) is 111 Å². The van der Waals surface area contributed by atoms with Crippen molar-refractivity contribution in [3.8, 4) is 45.0 Å². The predicted octanol–water partition coefficient (Wildman–Crippen LogP) is 13.1. The van der Waals surface area contributed by atoms with Crippen LogP contribution in [-0.2, 0) is 73.9 Å². The van der Waals surface area contributed by atoms with E-state index in [4.69, 9.17) is 18.9 Å². The molecule has 0 radical (unpaired) electrons. The summed E-state index contributed by atoms with van der Waals surface area (Å²) in [6.45, 7) is 12.4. The molecule has 2 amide bonds. The number of carbonyl (C=O) groups is 6. The fourth-order valence-corrected chi connectivity index (χ4v) is 10.7. The summed E-state index contributed by atoms with van der Waals surface area (Å²) in [7, 11) is 0. The van der Waals surface area contributed by atoms with Gasteiger partial charge in [0.05, 0.1) is 62.2 Å². The number of carbonyl (C=O) groups excluding carboxylic acids is 6. The number of ether oxygens (including phenoxy) is 4. The highest BCUT2D eigenvalue weighted by Gasteiger charge is 2.31. The summed E-state index contributed by atoms with van der Waals surface area (Å²) < 4.78 is 25.5. The number of ketones is 2. The Hall–Kier alpha value is -7.70. The van der Waals surface area contributed by atoms with Crippen LogP contribution in [0.5, 0.6) is 0 Å². The lowest BCUT2D eigenvalue weighted by atomic mass is 9.95. The van der Waals surface area contributed by atoms with Crippen molar-refractivity contribution in [2.24, 2.45) is 0 Å². The molecule has 0 atom stereocenters. The Morgan fingerprint density at radius 3 is 1.31 bits per heavy atom. The van der Waals surface area contributed by atoms with Crippen LogP contribution in [-0.4, -0.2) is 105 Å². The minimum absolute atomic E-state index is 0.0426. The van der Waals surface area contributed by atoms with Gasteiger partial charge in [-0.3, -0.25) is 28.8 Å². The van der Waals surface area contributed by atoms with Crippen molar-refractivity contribution in [1.82, 2.24) is 30.0 Å². The van der Waals surface area contributed by atoms with Crippen LogP contribution in [0.25, 0.3) is 45.0 Å². The third-order valence-electron chi connectivity index (χ3n) is 15.2. The molecule has 0 bridgehead atoms. The molecular formula is C68H88N8O10. The number of Topliss-reactive ketones (excluding diaryl/α,β-unsaturated/α-hetero) is 2. The van der Waals surface area contributed by atoms with E-state index in [-0.39, 0.29) is 61.4 Å². The van der Waals surface area contributed by atoms with E-state index < -0.39 is 0 Å². The molecule has 0 aliphatic carbocycles. The minimum Gasteiger partial charge on any atom is -0.464 e. The highest BCUT2D eigenvalue weighted by Crippen LogP contribution is 2.43. The Labute approximate surface area is 507 Å². The Balaban J connectivity index is 0.000000246. The number of unbranched alkanes of at least 4 members (excludes halogenated alkanes) is 6. The summed E-state index contributed by atoms with van der Waals surface area (Å²) in [5.74, 6) is -0.246. The molecule has 0 unspecified atom stereocenters. The molecule has 2 aliphatic heterocycles. The maximum atomic E-state index is 13.7. The Morgan fingerprint density at radius 2 is 0.814 bits per heavy atom. The highest BCUT2D eigenvalue weighted by atomic mass is 16.5. The maximum Gasteiger partial charge on any atom is 0.305 e. The zero-order valence-electron chi connectivity index (χ0n) is 51.1. The summed E-state index contributed by atoms with van der Waals surface area (Å²) in [5, 5.41) is 18.1. The number of benzene rings is 4. The summed E-state index contributed by atoms with van der Waals surface area (Å²) >= 11 is 0. The van der Waals surface area contributed by atoms with E-state index >= 15 is 0 Å². The molecule has 8 rings (SSSR count). The molecule has 0 fully saturated rings. The normalized spacial score (nSPS) is 12.1. The first-order valence-corrected chi connectivity index (χ1v) is 31.4. The van der Waals surface area contributed by atoms with Gasteiger partial charge < -0.3 is 28.7 Å². The molecule has 0 saturated carbocycles. The van der Waals surface area contributed by atoms with Crippen molar-refractivity contribution in [1.29, 1.82) is 0 Å². The maximum absolute atomic E-state index is 13.7. The Kier molecular flexibility index (Phi) is 27.3. The number of fused-ring (bicyclic) bond motifs is 10. The van der Waals surface area contributed by atoms with Crippen LogP contribution in [0.4, 0.5) is 11.4 Å². The number of hydrogen-bond donors (Lipinski definition) is 0. The van der Waals surface area contributed by atoms with Crippen LogP contribution in [0.1, 0.15) is 167 Å². The molecule has 2 aromatic heterocycles. The van der Waals surface area contributed by atoms with Crippen LogP contribution in [0.2, 0.25) is 0 Å². The van der Waals surface area contributed by atoms with E-state index in [9.17, 15) is 28.8 Å². The van der Waals surface area contributed by atoms with Gasteiger partial charge in [-0.05, 0) is 61.8 Å². The van der Waals surface area contributed by atoms with E-state index in [2.05, 4.69) is 34.5 Å². The largest absolute Gasteiger partial charge is 0.464 e. The van der Waals surface area contributed by atoms with E-state index in [1.165, 1.54) is 0 Å². The van der Waals surface area contributed by atoms with Gasteiger partial charge in [0.15, 0.2) is 0 Å². The van der Waals surface area contributed by atoms with Crippen molar-refractivity contribution in [2.45, 2.75) is 182 Å². The Morgan fingerprint density at radius 1 is 0.395 bits per heavy atom. The van der Waals surface area contributed by atoms with Crippen molar-refractivity contribution < 1.29 is 47.7 Å². The standard InChI is InChI=1S/2C34H44N4O5/c1-3-5-6-7-19-32(41)43-24-21-38-34-28-15-9-8-13-26(28)25-37(30-17-11-10-16-29(30)33(34)35-36-38)31(40)18-12-14-27(39)20-23-42-22-4-2;1-3-5-6-7-19-32(41)43-24-21-38-34-29-16-10-11-17-30(29)37(25-26-13-8-9-15-28(26)33(34)35-36-38)31(40)18-12-14-27(39)20-23-42-22-4-2/h2*8-11,13,15-17H,3-7,12,14,18-25H2,1-2H3. The number of aromatic nitrogens is 6. The summed E-state index contributed by atoms with van der Waals surface area (Å²) in [4.78, 5) is 80.1. The third kappa shape index (κ3) is 19.2. The molecule has 6 aromatic rings. The molecule has 18 nitrogen and oxygen atoms in total. The molecule has 0 N–H and O–H groups in total. The number of amides is 2. The summed E-state index contributed by atoms with van der Waals surface area (Å²) in [6.07, 6.45) is 13.9. The lowest BCUT2D eigenvalue weighted by Crippen LogP contribution is -2.31. The van der Waals surface area contributed by atoms with Crippen LogP contribution < -0.4 is 9.80 Å². The quantitative estimate of drug-likeness (QED) is 0.0272. The average Bonchev–Trinajstić information content (AvgIpc) is 1.95. The Bertz CT molecular complexity index is 3150. The first-order valence-electron chi connectivity index (χ1n) is 31.4. The number of esters is 2. The van der Waals surface area contributed by atoms with Crippen LogP contribution in [0.3, 0.4) is 0 Å². The molecule has 460 valence electrons. The van der Waals surface area contributed by atoms with Gasteiger partial charge in [0.25, 0.3) is 0 Å². The smallest absolute Gasteiger partial charge is 0.305 e.